The Hall–Kier alpha value is -2.68. The molecule has 2 aromatic carbocycles. The number of aromatic nitrogens is 1. The van der Waals surface area contributed by atoms with Gasteiger partial charge in [-0.25, -0.2) is 4.39 Å². The zero-order valence-corrected chi connectivity index (χ0v) is 16.5. The zero-order chi connectivity index (χ0) is 19.3. The standard InChI is InChI=1S/C24H24FNO/c1-14-10-20(23-19(21(14)25)11-15(2)27-23)22-18-7-6-16(13-24(3,4)5)12-17(18)8-9-26-22/h6-12H,13H2,1-5H3. The third kappa shape index (κ3) is 3.23. The monoisotopic (exact) mass is 361 g/mol. The number of aryl methyl sites for hydroxylation is 2. The molecule has 0 aliphatic rings. The third-order valence-electron chi connectivity index (χ3n) is 4.86. The van der Waals surface area contributed by atoms with E-state index in [1.807, 2.05) is 25.3 Å². The van der Waals surface area contributed by atoms with Crippen molar-refractivity contribution in [1.29, 1.82) is 0 Å². The van der Waals surface area contributed by atoms with Crippen molar-refractivity contribution in [3.8, 4) is 11.3 Å². The summed E-state index contributed by atoms with van der Waals surface area (Å²) in [5.41, 5.74) is 4.37. The Kier molecular flexibility index (Phi) is 4.06. The van der Waals surface area contributed by atoms with Crippen LogP contribution in [0, 0.1) is 25.1 Å². The van der Waals surface area contributed by atoms with Crippen molar-refractivity contribution in [3.05, 3.63) is 65.3 Å². The van der Waals surface area contributed by atoms with Gasteiger partial charge in [0.1, 0.15) is 17.2 Å². The topological polar surface area (TPSA) is 26.0 Å². The number of furan rings is 1. The quantitative estimate of drug-likeness (QED) is 0.384. The van der Waals surface area contributed by atoms with Gasteiger partial charge in [-0.2, -0.15) is 0 Å². The summed E-state index contributed by atoms with van der Waals surface area (Å²) in [6.45, 7) is 10.4. The van der Waals surface area contributed by atoms with Crippen LogP contribution in [0.2, 0.25) is 0 Å². The van der Waals surface area contributed by atoms with Crippen LogP contribution in [0.15, 0.2) is 47.0 Å². The molecule has 0 aliphatic carbocycles. The van der Waals surface area contributed by atoms with E-state index in [4.69, 9.17) is 4.42 Å². The molecule has 0 aliphatic heterocycles. The largest absolute Gasteiger partial charge is 0.461 e. The molecule has 0 spiro atoms. The summed E-state index contributed by atoms with van der Waals surface area (Å²) in [7, 11) is 0. The molecule has 27 heavy (non-hydrogen) atoms. The van der Waals surface area contributed by atoms with Gasteiger partial charge in [0.2, 0.25) is 0 Å². The number of rotatable bonds is 2. The maximum absolute atomic E-state index is 14.6. The van der Waals surface area contributed by atoms with E-state index in [0.717, 1.165) is 28.5 Å². The molecule has 2 aromatic heterocycles. The molecule has 0 amide bonds. The first-order valence-corrected chi connectivity index (χ1v) is 9.30. The minimum absolute atomic E-state index is 0.224. The number of hydrogen-bond donors (Lipinski definition) is 0. The summed E-state index contributed by atoms with van der Waals surface area (Å²) in [5, 5.41) is 2.71. The van der Waals surface area contributed by atoms with Crippen LogP contribution in [0.25, 0.3) is 33.0 Å². The summed E-state index contributed by atoms with van der Waals surface area (Å²) in [6, 6.07) is 12.1. The Balaban J connectivity index is 1.95. The van der Waals surface area contributed by atoms with E-state index in [-0.39, 0.29) is 11.2 Å². The molecular weight excluding hydrogens is 337 g/mol. The fourth-order valence-electron chi connectivity index (χ4n) is 3.78. The number of benzene rings is 2. The minimum atomic E-state index is -0.224. The normalized spacial score (nSPS) is 12.2. The lowest BCUT2D eigenvalue weighted by Gasteiger charge is -2.18. The Labute approximate surface area is 159 Å². The first-order chi connectivity index (χ1) is 12.7. The predicted octanol–water partition coefficient (Wildman–Crippen LogP) is 6.99. The van der Waals surface area contributed by atoms with Crippen molar-refractivity contribution in [1.82, 2.24) is 4.98 Å². The molecule has 0 bridgehead atoms. The molecule has 138 valence electrons. The molecule has 0 fully saturated rings. The Bertz CT molecular complexity index is 1160. The van der Waals surface area contributed by atoms with E-state index < -0.39 is 0 Å². The van der Waals surface area contributed by atoms with E-state index in [9.17, 15) is 4.39 Å². The Morgan fingerprint density at radius 3 is 2.52 bits per heavy atom. The first kappa shape index (κ1) is 17.7. The van der Waals surface area contributed by atoms with Gasteiger partial charge in [-0.3, -0.25) is 4.98 Å². The van der Waals surface area contributed by atoms with Crippen LogP contribution >= 0.6 is 0 Å². The second-order valence-corrected chi connectivity index (χ2v) is 8.61. The number of fused-ring (bicyclic) bond motifs is 2. The lowest BCUT2D eigenvalue weighted by atomic mass is 9.87. The molecule has 2 heterocycles. The lowest BCUT2D eigenvalue weighted by molar-refractivity contribution is 0.411. The average molecular weight is 361 g/mol. The van der Waals surface area contributed by atoms with Crippen molar-refractivity contribution in [3.63, 3.8) is 0 Å². The van der Waals surface area contributed by atoms with Crippen molar-refractivity contribution in [2.24, 2.45) is 5.41 Å². The molecule has 0 saturated carbocycles. The number of pyridine rings is 1. The van der Waals surface area contributed by atoms with Gasteiger partial charge in [-0.1, -0.05) is 39.0 Å². The minimum Gasteiger partial charge on any atom is -0.461 e. The number of hydrogen-bond acceptors (Lipinski definition) is 2. The Morgan fingerprint density at radius 1 is 1.00 bits per heavy atom. The van der Waals surface area contributed by atoms with Gasteiger partial charge in [-0.05, 0) is 60.4 Å². The van der Waals surface area contributed by atoms with Gasteiger partial charge in [0, 0.05) is 17.1 Å². The first-order valence-electron chi connectivity index (χ1n) is 9.30. The summed E-state index contributed by atoms with van der Waals surface area (Å²) in [6.07, 6.45) is 2.83. The molecule has 0 atom stereocenters. The molecule has 0 radical (unpaired) electrons. The fourth-order valence-corrected chi connectivity index (χ4v) is 3.78. The van der Waals surface area contributed by atoms with Gasteiger partial charge < -0.3 is 4.42 Å². The van der Waals surface area contributed by atoms with Gasteiger partial charge in [0.25, 0.3) is 0 Å². The van der Waals surface area contributed by atoms with Crippen LogP contribution in [-0.4, -0.2) is 4.98 Å². The van der Waals surface area contributed by atoms with Gasteiger partial charge in [0.15, 0.2) is 0 Å². The van der Waals surface area contributed by atoms with Crippen LogP contribution in [0.5, 0.6) is 0 Å². The highest BCUT2D eigenvalue weighted by atomic mass is 19.1. The SMILES string of the molecule is Cc1cc2c(F)c(C)cc(-c3nccc4cc(CC(C)(C)C)ccc34)c2o1. The van der Waals surface area contributed by atoms with Crippen molar-refractivity contribution < 1.29 is 8.81 Å². The van der Waals surface area contributed by atoms with Crippen LogP contribution in [0.4, 0.5) is 4.39 Å². The lowest BCUT2D eigenvalue weighted by Crippen LogP contribution is -2.08. The smallest absolute Gasteiger partial charge is 0.146 e. The second kappa shape index (κ2) is 6.19. The van der Waals surface area contributed by atoms with E-state index in [1.165, 1.54) is 5.56 Å². The summed E-state index contributed by atoms with van der Waals surface area (Å²) in [5.74, 6) is 0.474. The maximum atomic E-state index is 14.6. The molecule has 0 saturated heterocycles. The van der Waals surface area contributed by atoms with Crippen molar-refractivity contribution >= 4 is 21.7 Å². The van der Waals surface area contributed by atoms with Crippen LogP contribution < -0.4 is 0 Å². The summed E-state index contributed by atoms with van der Waals surface area (Å²) < 4.78 is 20.4. The van der Waals surface area contributed by atoms with Gasteiger partial charge in [-0.15, -0.1) is 0 Å². The highest BCUT2D eigenvalue weighted by molar-refractivity contribution is 6.02. The highest BCUT2D eigenvalue weighted by Gasteiger charge is 2.18. The number of nitrogens with zero attached hydrogens (tertiary/aromatic N) is 1. The third-order valence-corrected chi connectivity index (χ3v) is 4.86. The van der Waals surface area contributed by atoms with Crippen LogP contribution in [0.3, 0.4) is 0 Å². The van der Waals surface area contributed by atoms with Crippen molar-refractivity contribution in [2.45, 2.75) is 41.0 Å². The van der Waals surface area contributed by atoms with Crippen molar-refractivity contribution in [2.75, 3.05) is 0 Å². The summed E-state index contributed by atoms with van der Waals surface area (Å²) >= 11 is 0. The highest BCUT2D eigenvalue weighted by Crippen LogP contribution is 2.37. The molecule has 2 nitrogen and oxygen atoms in total. The van der Waals surface area contributed by atoms with E-state index in [0.29, 0.717) is 22.3 Å². The molecule has 4 aromatic rings. The van der Waals surface area contributed by atoms with E-state index in [2.05, 4.69) is 44.0 Å². The molecule has 0 N–H and O–H groups in total. The number of halogens is 1. The van der Waals surface area contributed by atoms with Gasteiger partial charge >= 0.3 is 0 Å². The molecule has 0 unspecified atom stereocenters. The second-order valence-electron chi connectivity index (χ2n) is 8.61. The molecule has 4 rings (SSSR count). The molecular formula is C24H24FNO. The van der Waals surface area contributed by atoms with Gasteiger partial charge in [0.05, 0.1) is 11.1 Å². The maximum Gasteiger partial charge on any atom is 0.146 e. The average Bonchev–Trinajstić information content (AvgIpc) is 2.98. The Morgan fingerprint density at radius 2 is 1.78 bits per heavy atom. The van der Waals surface area contributed by atoms with Crippen LogP contribution in [0.1, 0.15) is 37.7 Å². The predicted molar refractivity (Wildman–Crippen MR) is 110 cm³/mol. The molecule has 3 heteroatoms. The van der Waals surface area contributed by atoms with E-state index >= 15 is 0 Å². The zero-order valence-electron chi connectivity index (χ0n) is 16.5. The van der Waals surface area contributed by atoms with E-state index in [1.54, 1.807) is 13.0 Å². The van der Waals surface area contributed by atoms with Crippen LogP contribution in [-0.2, 0) is 6.42 Å². The fraction of sp³-hybridized carbons (Fsp3) is 0.292. The summed E-state index contributed by atoms with van der Waals surface area (Å²) in [4.78, 5) is 4.63.